The quantitative estimate of drug-likeness (QED) is 0.382. The first kappa shape index (κ1) is 25.4. The second-order valence-electron chi connectivity index (χ2n) is 9.36. The number of nitrogens with zero attached hydrogens (tertiary/aromatic N) is 3. The Balaban J connectivity index is 1.40. The molecule has 192 valence electrons. The molecular formula is C25H32N6O5. The maximum atomic E-state index is 13.5. The average molecular weight is 497 g/mol. The molecule has 0 spiro atoms. The highest BCUT2D eigenvalue weighted by atomic mass is 16.4. The molecule has 2 fully saturated rings. The summed E-state index contributed by atoms with van der Waals surface area (Å²) in [6.45, 7) is 0.806. The van der Waals surface area contributed by atoms with E-state index in [4.69, 9.17) is 5.73 Å². The Morgan fingerprint density at radius 2 is 1.75 bits per heavy atom. The second kappa shape index (κ2) is 11.3. The van der Waals surface area contributed by atoms with Gasteiger partial charge in [0.25, 0.3) is 0 Å². The lowest BCUT2D eigenvalue weighted by molar-refractivity contribution is -0.148. The highest BCUT2D eigenvalue weighted by Gasteiger charge is 2.43. The van der Waals surface area contributed by atoms with Crippen LogP contribution in [0.4, 0.5) is 0 Å². The van der Waals surface area contributed by atoms with Crippen molar-refractivity contribution >= 4 is 23.7 Å². The number of hydrogen-bond acceptors (Lipinski definition) is 6. The van der Waals surface area contributed by atoms with Gasteiger partial charge >= 0.3 is 5.97 Å². The number of rotatable bonds is 9. The Hall–Kier alpha value is -3.73. The van der Waals surface area contributed by atoms with Gasteiger partial charge in [-0.2, -0.15) is 0 Å². The number of amides is 3. The van der Waals surface area contributed by atoms with Crippen LogP contribution in [0.25, 0.3) is 0 Å². The number of aromatic nitrogens is 2. The zero-order valence-corrected chi connectivity index (χ0v) is 20.0. The van der Waals surface area contributed by atoms with Gasteiger partial charge in [0, 0.05) is 37.8 Å². The van der Waals surface area contributed by atoms with Crippen molar-refractivity contribution in [1.82, 2.24) is 25.1 Å². The first-order valence-electron chi connectivity index (χ1n) is 12.3. The van der Waals surface area contributed by atoms with E-state index in [-0.39, 0.29) is 24.7 Å². The van der Waals surface area contributed by atoms with Crippen molar-refractivity contribution in [2.45, 2.75) is 62.7 Å². The molecule has 2 aromatic rings. The molecule has 2 aliphatic rings. The molecule has 0 bridgehead atoms. The van der Waals surface area contributed by atoms with E-state index in [0.29, 0.717) is 38.8 Å². The van der Waals surface area contributed by atoms with E-state index in [9.17, 15) is 24.3 Å². The van der Waals surface area contributed by atoms with Crippen molar-refractivity contribution in [1.29, 1.82) is 0 Å². The fourth-order valence-corrected chi connectivity index (χ4v) is 5.03. The van der Waals surface area contributed by atoms with Crippen LogP contribution in [0.2, 0.25) is 0 Å². The normalized spacial score (nSPS) is 21.2. The molecular weight excluding hydrogens is 464 g/mol. The number of likely N-dealkylation sites (tertiary alicyclic amines) is 2. The average Bonchev–Trinajstić information content (AvgIpc) is 3.65. The van der Waals surface area contributed by atoms with Crippen LogP contribution in [0.3, 0.4) is 0 Å². The van der Waals surface area contributed by atoms with Crippen molar-refractivity contribution in [2.24, 2.45) is 5.73 Å². The minimum atomic E-state index is -1.14. The molecule has 1 aromatic carbocycles. The van der Waals surface area contributed by atoms with E-state index < -0.39 is 36.0 Å². The molecule has 11 heteroatoms. The lowest BCUT2D eigenvalue weighted by Gasteiger charge is -2.32. The molecule has 3 amide bonds. The number of aliphatic carboxylic acids is 1. The van der Waals surface area contributed by atoms with Gasteiger partial charge in [-0.15, -0.1) is 0 Å². The molecule has 4 unspecified atom stereocenters. The summed E-state index contributed by atoms with van der Waals surface area (Å²) in [4.78, 5) is 61.4. The van der Waals surface area contributed by atoms with Gasteiger partial charge in [-0.3, -0.25) is 14.4 Å². The number of carboxylic acids is 1. The standard InChI is InChI=1S/C25H32N6O5/c26-18(13-17-14-27-15-28-17)23(33)31-11-5-9-21(31)24(34)30-10-4-8-20(30)22(32)29-19(25(35)36)12-16-6-2-1-3-7-16/h1-3,6-7,14-15,18-21H,4-5,8-13,26H2,(H,27,28)(H,29,32)(H,35,36). The van der Waals surface area contributed by atoms with E-state index in [2.05, 4.69) is 15.3 Å². The van der Waals surface area contributed by atoms with Crippen LogP contribution in [-0.2, 0) is 32.0 Å². The summed E-state index contributed by atoms with van der Waals surface area (Å²) in [5.74, 6) is -2.23. The minimum Gasteiger partial charge on any atom is -0.480 e. The molecule has 0 radical (unpaired) electrons. The van der Waals surface area contributed by atoms with Crippen molar-refractivity contribution in [2.75, 3.05) is 13.1 Å². The van der Waals surface area contributed by atoms with Gasteiger partial charge in [0.1, 0.15) is 18.1 Å². The topological polar surface area (TPSA) is 162 Å². The van der Waals surface area contributed by atoms with Crippen molar-refractivity contribution in [3.05, 3.63) is 54.1 Å². The zero-order valence-electron chi connectivity index (χ0n) is 20.0. The van der Waals surface area contributed by atoms with E-state index in [0.717, 1.165) is 11.3 Å². The Kier molecular flexibility index (Phi) is 7.99. The Labute approximate surface area is 209 Å². The first-order chi connectivity index (χ1) is 17.3. The third-order valence-corrected chi connectivity index (χ3v) is 6.87. The largest absolute Gasteiger partial charge is 0.480 e. The van der Waals surface area contributed by atoms with Crippen molar-refractivity contribution < 1.29 is 24.3 Å². The molecule has 2 saturated heterocycles. The fourth-order valence-electron chi connectivity index (χ4n) is 5.03. The smallest absolute Gasteiger partial charge is 0.326 e. The molecule has 0 aliphatic carbocycles. The van der Waals surface area contributed by atoms with Gasteiger partial charge in [0.2, 0.25) is 17.7 Å². The third-order valence-electron chi connectivity index (χ3n) is 6.87. The summed E-state index contributed by atoms with van der Waals surface area (Å²) in [5.41, 5.74) is 7.66. The lowest BCUT2D eigenvalue weighted by atomic mass is 10.0. The molecule has 36 heavy (non-hydrogen) atoms. The summed E-state index contributed by atoms with van der Waals surface area (Å²) in [6.07, 6.45) is 5.78. The number of H-pyrrole nitrogens is 1. The van der Waals surface area contributed by atoms with Gasteiger partial charge in [-0.05, 0) is 31.2 Å². The molecule has 11 nitrogen and oxygen atoms in total. The van der Waals surface area contributed by atoms with Crippen LogP contribution in [0, 0.1) is 0 Å². The molecule has 3 heterocycles. The molecule has 4 atom stereocenters. The van der Waals surface area contributed by atoms with Crippen LogP contribution in [0.1, 0.15) is 36.9 Å². The summed E-state index contributed by atoms with van der Waals surface area (Å²) in [7, 11) is 0. The molecule has 1 aromatic heterocycles. The van der Waals surface area contributed by atoms with Gasteiger partial charge in [-0.1, -0.05) is 30.3 Å². The maximum Gasteiger partial charge on any atom is 0.326 e. The van der Waals surface area contributed by atoms with Crippen LogP contribution in [0.15, 0.2) is 42.9 Å². The number of carbonyl (C=O) groups is 4. The van der Waals surface area contributed by atoms with Crippen LogP contribution in [0.5, 0.6) is 0 Å². The van der Waals surface area contributed by atoms with Gasteiger partial charge in [-0.25, -0.2) is 9.78 Å². The highest BCUT2D eigenvalue weighted by Crippen LogP contribution is 2.26. The van der Waals surface area contributed by atoms with E-state index >= 15 is 0 Å². The lowest BCUT2D eigenvalue weighted by Crippen LogP contribution is -2.56. The second-order valence-corrected chi connectivity index (χ2v) is 9.36. The number of benzene rings is 1. The van der Waals surface area contributed by atoms with Crippen molar-refractivity contribution in [3.8, 4) is 0 Å². The predicted octanol–water partition coefficient (Wildman–Crippen LogP) is 0.0736. The summed E-state index contributed by atoms with van der Waals surface area (Å²) >= 11 is 0. The van der Waals surface area contributed by atoms with Gasteiger partial charge in [0.05, 0.1) is 12.4 Å². The minimum absolute atomic E-state index is 0.141. The third kappa shape index (κ3) is 5.73. The SMILES string of the molecule is NC(Cc1cnc[nH]1)C(=O)N1CCCC1C(=O)N1CCCC1C(=O)NC(Cc1ccccc1)C(=O)O. The Bertz CT molecular complexity index is 1080. The number of nitrogens with two attached hydrogens (primary N) is 1. The van der Waals surface area contributed by atoms with Crippen LogP contribution >= 0.6 is 0 Å². The summed E-state index contributed by atoms with van der Waals surface area (Å²) in [6, 6.07) is 5.68. The Morgan fingerprint density at radius 3 is 2.42 bits per heavy atom. The highest BCUT2D eigenvalue weighted by molar-refractivity contribution is 5.95. The fraction of sp³-hybridized carbons (Fsp3) is 0.480. The van der Waals surface area contributed by atoms with E-state index in [1.54, 1.807) is 18.3 Å². The number of hydrogen-bond donors (Lipinski definition) is 4. The number of carbonyl (C=O) groups excluding carboxylic acids is 3. The predicted molar refractivity (Wildman–Crippen MR) is 129 cm³/mol. The molecule has 0 saturated carbocycles. The number of carboxylic acid groups (broad SMARTS) is 1. The van der Waals surface area contributed by atoms with Gasteiger partial charge < -0.3 is 30.9 Å². The molecule has 2 aliphatic heterocycles. The number of nitrogens with one attached hydrogen (secondary N) is 2. The van der Waals surface area contributed by atoms with E-state index in [1.807, 2.05) is 18.2 Å². The molecule has 5 N–H and O–H groups in total. The summed E-state index contributed by atoms with van der Waals surface area (Å²) < 4.78 is 0. The summed E-state index contributed by atoms with van der Waals surface area (Å²) in [5, 5.41) is 12.3. The first-order valence-corrected chi connectivity index (χ1v) is 12.3. The molecule has 4 rings (SSSR count). The Morgan fingerprint density at radius 1 is 1.06 bits per heavy atom. The number of imidazole rings is 1. The van der Waals surface area contributed by atoms with Crippen molar-refractivity contribution in [3.63, 3.8) is 0 Å². The van der Waals surface area contributed by atoms with Gasteiger partial charge in [0.15, 0.2) is 0 Å². The van der Waals surface area contributed by atoms with Crippen LogP contribution in [-0.4, -0.2) is 85.8 Å². The van der Waals surface area contributed by atoms with Crippen LogP contribution < -0.4 is 11.1 Å². The van der Waals surface area contributed by atoms with E-state index in [1.165, 1.54) is 16.1 Å². The zero-order chi connectivity index (χ0) is 25.7. The maximum absolute atomic E-state index is 13.5. The number of aromatic amines is 1. The monoisotopic (exact) mass is 496 g/mol.